The van der Waals surface area contributed by atoms with Gasteiger partial charge in [0.05, 0.1) is 0 Å². The average Bonchev–Trinajstić information content (AvgIpc) is 2.88. The Hall–Kier alpha value is -1.03. The molecule has 1 fully saturated rings. The highest BCUT2D eigenvalue weighted by Gasteiger charge is 2.79. The number of rotatable bonds is 6. The molecule has 16 heteroatoms. The molecule has 2 atom stereocenters. The molecule has 1 saturated heterocycles. The van der Waals surface area contributed by atoms with Gasteiger partial charge in [-0.1, -0.05) is 0 Å². The summed E-state index contributed by atoms with van der Waals surface area (Å²) in [7, 11) is 0. The van der Waals surface area contributed by atoms with Crippen LogP contribution in [0.15, 0.2) is 0 Å². The molecule has 0 aromatic carbocycles. The normalized spacial score (nSPS) is 23.2. The van der Waals surface area contributed by atoms with E-state index in [9.17, 15) is 57.1 Å². The van der Waals surface area contributed by atoms with Crippen LogP contribution in [0.4, 0.5) is 57.1 Å². The number of hydrogen-bond acceptors (Lipinski definition) is 3. The third-order valence-corrected chi connectivity index (χ3v) is 2.89. The quantitative estimate of drug-likeness (QED) is 0.456. The van der Waals surface area contributed by atoms with Crippen LogP contribution in [0.25, 0.3) is 0 Å². The summed E-state index contributed by atoms with van der Waals surface area (Å²) in [5.41, 5.74) is 0. The van der Waals surface area contributed by atoms with Gasteiger partial charge in [0.1, 0.15) is 6.10 Å². The van der Waals surface area contributed by atoms with Crippen LogP contribution in [0.3, 0.4) is 0 Å². The second-order valence-electron chi connectivity index (χ2n) is 4.89. The fraction of sp³-hybridized carbons (Fsp3) is 1.00. The molecule has 0 radical (unpaired) electrons. The molecule has 1 rings (SSSR count). The summed E-state index contributed by atoms with van der Waals surface area (Å²) in [6, 6.07) is -6.72. The molecule has 0 spiro atoms. The summed E-state index contributed by atoms with van der Waals surface area (Å²) in [5.74, 6) is -7.37. The van der Waals surface area contributed by atoms with E-state index < -0.39 is 55.7 Å². The third-order valence-electron chi connectivity index (χ3n) is 2.89. The van der Waals surface area contributed by atoms with E-state index >= 15 is 0 Å². The van der Waals surface area contributed by atoms with Crippen molar-refractivity contribution < 1.29 is 71.3 Å². The summed E-state index contributed by atoms with van der Waals surface area (Å²) in [6.07, 6.45) is -30.4. The highest BCUT2D eigenvalue weighted by atomic mass is 19.4. The maximum absolute atomic E-state index is 13.6. The first-order chi connectivity index (χ1) is 11.3. The zero-order valence-electron chi connectivity index (χ0n) is 11.8. The summed E-state index contributed by atoms with van der Waals surface area (Å²) >= 11 is 0. The van der Waals surface area contributed by atoms with Gasteiger partial charge in [-0.2, -0.15) is 57.1 Å². The maximum atomic E-state index is 13.6. The van der Waals surface area contributed by atoms with Crippen molar-refractivity contribution in [3.8, 4) is 0 Å². The van der Waals surface area contributed by atoms with Crippen molar-refractivity contribution in [3.05, 3.63) is 0 Å². The topological polar surface area (TPSA) is 27.7 Å². The SMILES string of the molecule is FC(F)(OC(F)(OC(F)(F)C(F)(F)C(F)(F)F)C(F)(F)F)C1CCCO1. The van der Waals surface area contributed by atoms with E-state index in [1.54, 1.807) is 0 Å². The van der Waals surface area contributed by atoms with E-state index in [1.165, 1.54) is 0 Å². The second-order valence-corrected chi connectivity index (χ2v) is 4.89. The van der Waals surface area contributed by atoms with E-state index in [0.717, 1.165) is 0 Å². The Balaban J connectivity index is 3.21. The molecule has 3 nitrogen and oxygen atoms in total. The van der Waals surface area contributed by atoms with Crippen LogP contribution in [-0.2, 0) is 14.2 Å². The fourth-order valence-corrected chi connectivity index (χ4v) is 1.61. The van der Waals surface area contributed by atoms with E-state index in [-0.39, 0.29) is 6.42 Å². The maximum Gasteiger partial charge on any atom is 0.478 e. The van der Waals surface area contributed by atoms with E-state index in [1.807, 2.05) is 4.74 Å². The molecule has 156 valence electrons. The van der Waals surface area contributed by atoms with Gasteiger partial charge in [0.2, 0.25) is 0 Å². The molecule has 1 aliphatic heterocycles. The van der Waals surface area contributed by atoms with Crippen LogP contribution in [0.5, 0.6) is 0 Å². The lowest BCUT2D eigenvalue weighted by Crippen LogP contribution is -2.61. The third kappa shape index (κ3) is 4.27. The van der Waals surface area contributed by atoms with Crippen molar-refractivity contribution in [2.75, 3.05) is 6.61 Å². The van der Waals surface area contributed by atoms with Crippen molar-refractivity contribution in [3.63, 3.8) is 0 Å². The van der Waals surface area contributed by atoms with Crippen molar-refractivity contribution in [1.82, 2.24) is 0 Å². The minimum atomic E-state index is -7.37. The summed E-state index contributed by atoms with van der Waals surface area (Å²) < 4.78 is 173. The van der Waals surface area contributed by atoms with Gasteiger partial charge in [-0.3, -0.25) is 0 Å². The minimum Gasteiger partial charge on any atom is -0.369 e. The van der Waals surface area contributed by atoms with Crippen LogP contribution in [0.2, 0.25) is 0 Å². The Bertz CT molecular complexity index is 493. The largest absolute Gasteiger partial charge is 0.478 e. The minimum absolute atomic E-state index is 0.196. The van der Waals surface area contributed by atoms with Crippen LogP contribution < -0.4 is 0 Å². The van der Waals surface area contributed by atoms with E-state index in [4.69, 9.17) is 0 Å². The molecule has 0 aromatic rings. The van der Waals surface area contributed by atoms with Gasteiger partial charge in [-0.15, -0.1) is 0 Å². The van der Waals surface area contributed by atoms with Crippen molar-refractivity contribution in [2.45, 2.75) is 55.5 Å². The van der Waals surface area contributed by atoms with Gasteiger partial charge in [0.15, 0.2) is 0 Å². The summed E-state index contributed by atoms with van der Waals surface area (Å²) in [6.45, 7) is -0.474. The molecule has 0 aromatic heterocycles. The van der Waals surface area contributed by atoms with E-state index in [2.05, 4.69) is 9.47 Å². The molecule has 26 heavy (non-hydrogen) atoms. The predicted molar refractivity (Wildman–Crippen MR) is 51.9 cm³/mol. The lowest BCUT2D eigenvalue weighted by Gasteiger charge is -2.36. The Morgan fingerprint density at radius 3 is 1.54 bits per heavy atom. The zero-order valence-corrected chi connectivity index (χ0v) is 11.8. The Labute approximate surface area is 135 Å². The summed E-state index contributed by atoms with van der Waals surface area (Å²) in [5, 5.41) is 0. The number of halogens is 13. The lowest BCUT2D eigenvalue weighted by molar-refractivity contribution is -0.562. The molecule has 0 saturated carbocycles. The molecule has 0 bridgehead atoms. The molecular weight excluding hydrogens is 415 g/mol. The van der Waals surface area contributed by atoms with Gasteiger partial charge in [-0.05, 0) is 12.8 Å². The van der Waals surface area contributed by atoms with Gasteiger partial charge in [-0.25, -0.2) is 9.47 Å². The second kappa shape index (κ2) is 6.54. The van der Waals surface area contributed by atoms with Gasteiger partial charge < -0.3 is 4.74 Å². The number of alkyl halides is 13. The zero-order chi connectivity index (χ0) is 20.8. The lowest BCUT2D eigenvalue weighted by atomic mass is 10.2. The standard InChI is InChI=1S/C10H7F13O3/c11-5(12,4-2-1-3-24-4)25-10(23,8(18,19)20)26-9(21,22)6(13,14)7(15,16)17/h4H,1-3H2. The summed E-state index contributed by atoms with van der Waals surface area (Å²) in [4.78, 5) is 0. The van der Waals surface area contributed by atoms with Crippen molar-refractivity contribution >= 4 is 0 Å². The average molecular weight is 422 g/mol. The highest BCUT2D eigenvalue weighted by molar-refractivity contribution is 4.88. The Morgan fingerprint density at radius 2 is 1.19 bits per heavy atom. The molecule has 1 aliphatic rings. The molecule has 0 N–H and O–H groups in total. The van der Waals surface area contributed by atoms with Crippen molar-refractivity contribution in [2.24, 2.45) is 0 Å². The molecule has 0 aliphatic carbocycles. The first-order valence-corrected chi connectivity index (χ1v) is 6.24. The van der Waals surface area contributed by atoms with Crippen LogP contribution >= 0.6 is 0 Å². The smallest absolute Gasteiger partial charge is 0.369 e. The van der Waals surface area contributed by atoms with Crippen molar-refractivity contribution in [1.29, 1.82) is 0 Å². The molecule has 2 unspecified atom stereocenters. The monoisotopic (exact) mass is 422 g/mol. The van der Waals surface area contributed by atoms with Gasteiger partial charge in [0.25, 0.3) is 0 Å². The molecule has 1 heterocycles. The number of ether oxygens (including phenoxy) is 3. The fourth-order valence-electron chi connectivity index (χ4n) is 1.61. The predicted octanol–water partition coefficient (Wildman–Crippen LogP) is 4.77. The molecule has 0 amide bonds. The number of hydrogen-bond donors (Lipinski definition) is 0. The first-order valence-electron chi connectivity index (χ1n) is 6.24. The van der Waals surface area contributed by atoms with Gasteiger partial charge in [0, 0.05) is 6.61 Å². The Kier molecular flexibility index (Phi) is 5.79. The highest BCUT2D eigenvalue weighted by Crippen LogP contribution is 2.52. The van der Waals surface area contributed by atoms with E-state index in [0.29, 0.717) is 0 Å². The first kappa shape index (κ1) is 23.0. The Morgan fingerprint density at radius 1 is 0.692 bits per heavy atom. The van der Waals surface area contributed by atoms with Crippen LogP contribution in [0.1, 0.15) is 12.8 Å². The van der Waals surface area contributed by atoms with Crippen LogP contribution in [0, 0.1) is 0 Å². The van der Waals surface area contributed by atoms with Crippen LogP contribution in [-0.4, -0.2) is 49.2 Å². The van der Waals surface area contributed by atoms with Gasteiger partial charge >= 0.3 is 36.5 Å². The molecular formula is C10H7F13O3.